The Morgan fingerprint density at radius 3 is 2.32 bits per heavy atom. The molecule has 0 unspecified atom stereocenters. The second-order valence-corrected chi connectivity index (χ2v) is 7.91. The average Bonchev–Trinajstić information content (AvgIpc) is 2.98. The number of carbonyl (C=O) groups excluding carboxylic acids is 3. The van der Waals surface area contributed by atoms with Crippen molar-refractivity contribution >= 4 is 29.2 Å². The van der Waals surface area contributed by atoms with Crippen molar-refractivity contribution < 1.29 is 23.2 Å². The largest absolute Gasteiger partial charge is 0.332 e. The molecule has 2 aliphatic rings. The number of hydrogen-bond donors (Lipinski definition) is 1. The maximum atomic E-state index is 13.8. The third-order valence-corrected chi connectivity index (χ3v) is 5.78. The number of carbonyl (C=O) groups is 3. The molecule has 0 aromatic heterocycles. The van der Waals surface area contributed by atoms with Crippen molar-refractivity contribution in [2.75, 3.05) is 10.2 Å². The van der Waals surface area contributed by atoms with Gasteiger partial charge in [-0.3, -0.25) is 9.59 Å². The fraction of sp³-hybridized carbons (Fsp3) is 0.348. The number of hydrogen-bond acceptors (Lipinski definition) is 3. The number of imide groups is 1. The minimum atomic E-state index is -0.993. The summed E-state index contributed by atoms with van der Waals surface area (Å²) in [5.41, 5.74) is 0.414. The third-order valence-electron chi connectivity index (χ3n) is 5.78. The maximum Gasteiger partial charge on any atom is 0.332 e. The normalized spacial score (nSPS) is 19.7. The van der Waals surface area contributed by atoms with Gasteiger partial charge in [0.2, 0.25) is 5.91 Å². The predicted octanol–water partition coefficient (Wildman–Crippen LogP) is 4.46. The Morgan fingerprint density at radius 1 is 0.968 bits per heavy atom. The molecule has 2 aromatic carbocycles. The molecule has 0 bridgehead atoms. The summed E-state index contributed by atoms with van der Waals surface area (Å²) < 4.78 is 27.2. The van der Waals surface area contributed by atoms with E-state index >= 15 is 0 Å². The van der Waals surface area contributed by atoms with Crippen LogP contribution in [0.1, 0.15) is 38.5 Å². The quantitative estimate of drug-likeness (QED) is 0.716. The van der Waals surface area contributed by atoms with E-state index in [0.717, 1.165) is 43.1 Å². The number of amides is 4. The van der Waals surface area contributed by atoms with Gasteiger partial charge < -0.3 is 10.2 Å². The first-order chi connectivity index (χ1) is 14.9. The Kier molecular flexibility index (Phi) is 5.97. The van der Waals surface area contributed by atoms with Crippen molar-refractivity contribution in [2.24, 2.45) is 0 Å². The highest BCUT2D eigenvalue weighted by Gasteiger charge is 2.49. The van der Waals surface area contributed by atoms with Crippen molar-refractivity contribution in [3.8, 4) is 0 Å². The van der Waals surface area contributed by atoms with Crippen LogP contribution >= 0.6 is 0 Å². The van der Waals surface area contributed by atoms with Crippen LogP contribution in [0.4, 0.5) is 25.0 Å². The van der Waals surface area contributed by atoms with E-state index in [4.69, 9.17) is 0 Å². The molecule has 6 nitrogen and oxygen atoms in total. The van der Waals surface area contributed by atoms with Gasteiger partial charge in [-0.05, 0) is 49.2 Å². The van der Waals surface area contributed by atoms with Crippen LogP contribution in [0.5, 0.6) is 0 Å². The summed E-state index contributed by atoms with van der Waals surface area (Å²) in [4.78, 5) is 41.6. The van der Waals surface area contributed by atoms with Gasteiger partial charge in [-0.15, -0.1) is 0 Å². The van der Waals surface area contributed by atoms with E-state index in [0.29, 0.717) is 0 Å². The molecule has 4 amide bonds. The van der Waals surface area contributed by atoms with Crippen molar-refractivity contribution in [1.82, 2.24) is 4.90 Å². The molecule has 1 aliphatic heterocycles. The van der Waals surface area contributed by atoms with E-state index in [9.17, 15) is 23.2 Å². The van der Waals surface area contributed by atoms with Crippen LogP contribution in [-0.4, -0.2) is 34.8 Å². The molecular weight excluding hydrogens is 404 g/mol. The fourth-order valence-corrected chi connectivity index (χ4v) is 4.37. The van der Waals surface area contributed by atoms with E-state index in [1.807, 2.05) is 0 Å². The lowest BCUT2D eigenvalue weighted by Gasteiger charge is -2.33. The summed E-state index contributed by atoms with van der Waals surface area (Å²) in [5, 5.41) is 2.58. The minimum Gasteiger partial charge on any atom is -0.326 e. The van der Waals surface area contributed by atoms with Crippen LogP contribution in [0, 0.1) is 11.6 Å². The molecule has 1 heterocycles. The summed E-state index contributed by atoms with van der Waals surface area (Å²) in [6.45, 7) is 0. The molecule has 0 spiro atoms. The van der Waals surface area contributed by atoms with Crippen molar-refractivity contribution in [3.63, 3.8) is 0 Å². The molecule has 2 fully saturated rings. The molecule has 1 saturated carbocycles. The number of rotatable bonds is 5. The monoisotopic (exact) mass is 427 g/mol. The Hall–Kier alpha value is -3.29. The summed E-state index contributed by atoms with van der Waals surface area (Å²) in [6, 6.07) is 9.05. The summed E-state index contributed by atoms with van der Waals surface area (Å²) in [6.07, 6.45) is 4.17. The minimum absolute atomic E-state index is 0.142. The zero-order chi connectivity index (χ0) is 22.0. The first-order valence-electron chi connectivity index (χ1n) is 10.4. The Labute approximate surface area is 178 Å². The first-order valence-corrected chi connectivity index (χ1v) is 10.4. The summed E-state index contributed by atoms with van der Waals surface area (Å²) in [5.74, 6) is -2.12. The van der Waals surface area contributed by atoms with E-state index < -0.39 is 35.5 Å². The molecule has 162 valence electrons. The topological polar surface area (TPSA) is 69.7 Å². The van der Waals surface area contributed by atoms with Crippen LogP contribution < -0.4 is 10.2 Å². The third kappa shape index (κ3) is 4.42. The van der Waals surface area contributed by atoms with Crippen molar-refractivity contribution in [3.05, 3.63) is 60.2 Å². The predicted molar refractivity (Wildman–Crippen MR) is 111 cm³/mol. The molecule has 1 N–H and O–H groups in total. The van der Waals surface area contributed by atoms with Crippen molar-refractivity contribution in [1.29, 1.82) is 0 Å². The molecular formula is C23H23F2N3O3. The number of urea groups is 1. The van der Waals surface area contributed by atoms with Gasteiger partial charge in [0, 0.05) is 11.7 Å². The Morgan fingerprint density at radius 2 is 1.65 bits per heavy atom. The van der Waals surface area contributed by atoms with Crippen LogP contribution in [0.25, 0.3) is 0 Å². The van der Waals surface area contributed by atoms with E-state index in [1.54, 1.807) is 6.07 Å². The molecule has 8 heteroatoms. The number of anilines is 2. The molecule has 0 radical (unpaired) electrons. The zero-order valence-electron chi connectivity index (χ0n) is 16.9. The standard InChI is InChI=1S/C23H23F2N3O3/c24-15-6-4-8-17(12-15)26-21(29)14-20-22(30)28(19-11-5-7-16(25)13-19)23(31)27(20)18-9-2-1-3-10-18/h4-8,11-13,18,20H,1-3,9-10,14H2,(H,26,29)/t20-/m0/s1. The number of benzene rings is 2. The van der Waals surface area contributed by atoms with Gasteiger partial charge in [-0.2, -0.15) is 0 Å². The van der Waals surface area contributed by atoms with E-state index in [2.05, 4.69) is 5.32 Å². The number of nitrogens with one attached hydrogen (secondary N) is 1. The zero-order valence-corrected chi connectivity index (χ0v) is 16.9. The van der Waals surface area contributed by atoms with E-state index in [-0.39, 0.29) is 23.8 Å². The number of nitrogens with zero attached hydrogens (tertiary/aromatic N) is 2. The van der Waals surface area contributed by atoms with Crippen LogP contribution in [0.3, 0.4) is 0 Å². The van der Waals surface area contributed by atoms with E-state index in [1.165, 1.54) is 41.3 Å². The lowest BCUT2D eigenvalue weighted by molar-refractivity contribution is -0.125. The lowest BCUT2D eigenvalue weighted by atomic mass is 9.93. The highest BCUT2D eigenvalue weighted by Crippen LogP contribution is 2.33. The molecule has 2 aromatic rings. The van der Waals surface area contributed by atoms with Gasteiger partial charge in [-0.25, -0.2) is 18.5 Å². The van der Waals surface area contributed by atoms with Crippen molar-refractivity contribution in [2.45, 2.75) is 50.6 Å². The number of halogens is 2. The van der Waals surface area contributed by atoms with Crippen LogP contribution in [0.15, 0.2) is 48.5 Å². The average molecular weight is 427 g/mol. The molecule has 1 atom stereocenters. The van der Waals surface area contributed by atoms with Gasteiger partial charge >= 0.3 is 6.03 Å². The smallest absolute Gasteiger partial charge is 0.326 e. The second kappa shape index (κ2) is 8.83. The SMILES string of the molecule is O=C(C[C@H]1C(=O)N(c2cccc(F)c2)C(=O)N1C1CCCCC1)Nc1cccc(F)c1. The highest BCUT2D eigenvalue weighted by molar-refractivity contribution is 6.22. The lowest BCUT2D eigenvalue weighted by Crippen LogP contribution is -2.45. The van der Waals surface area contributed by atoms with Gasteiger partial charge in [0.1, 0.15) is 17.7 Å². The van der Waals surface area contributed by atoms with Gasteiger partial charge in [0.25, 0.3) is 5.91 Å². The Bertz CT molecular complexity index is 1010. The highest BCUT2D eigenvalue weighted by atomic mass is 19.1. The molecule has 1 saturated heterocycles. The van der Waals surface area contributed by atoms with Gasteiger partial charge in [0.05, 0.1) is 12.1 Å². The summed E-state index contributed by atoms with van der Waals surface area (Å²) >= 11 is 0. The van der Waals surface area contributed by atoms with Crippen LogP contribution in [-0.2, 0) is 9.59 Å². The Balaban J connectivity index is 1.60. The summed E-state index contributed by atoms with van der Waals surface area (Å²) in [7, 11) is 0. The second-order valence-electron chi connectivity index (χ2n) is 7.91. The van der Waals surface area contributed by atoms with Gasteiger partial charge in [0.15, 0.2) is 0 Å². The molecule has 1 aliphatic carbocycles. The first kappa shape index (κ1) is 21.0. The molecule has 4 rings (SSSR count). The van der Waals surface area contributed by atoms with Crippen LogP contribution in [0.2, 0.25) is 0 Å². The molecule has 31 heavy (non-hydrogen) atoms. The fourth-order valence-electron chi connectivity index (χ4n) is 4.37. The maximum absolute atomic E-state index is 13.8. The van der Waals surface area contributed by atoms with Gasteiger partial charge in [-0.1, -0.05) is 31.4 Å².